The van der Waals surface area contributed by atoms with Crippen molar-refractivity contribution >= 4 is 27.5 Å². The number of carbonyl (C=O) groups is 2. The lowest BCUT2D eigenvalue weighted by molar-refractivity contribution is 0.0792. The van der Waals surface area contributed by atoms with Crippen molar-refractivity contribution in [2.45, 2.75) is 38.8 Å². The van der Waals surface area contributed by atoms with Crippen LogP contribution in [0.5, 0.6) is 0 Å². The molecule has 7 nitrogen and oxygen atoms in total. The van der Waals surface area contributed by atoms with Crippen LogP contribution in [0.1, 0.15) is 51.6 Å². The summed E-state index contributed by atoms with van der Waals surface area (Å²) in [6.45, 7) is 3.84. The van der Waals surface area contributed by atoms with E-state index >= 15 is 0 Å². The minimum absolute atomic E-state index is 0.0589. The standard InChI is InChI=1S/C23H27N3O4S/c1-16-13-20-14-19(9-10-21(20)26(16)31(2,29)30)22(27)24-15-17-5-7-18(8-6-17)23(28)25-11-3-4-12-25/h5-10,14,16H,3-4,11-13,15H2,1-2H3,(H,24,27). The number of nitrogens with zero attached hydrogens (tertiary/aromatic N) is 2. The van der Waals surface area contributed by atoms with Crippen molar-refractivity contribution in [2.75, 3.05) is 23.7 Å². The van der Waals surface area contributed by atoms with Gasteiger partial charge in [-0.25, -0.2) is 8.42 Å². The molecule has 164 valence electrons. The number of amides is 2. The van der Waals surface area contributed by atoms with Gasteiger partial charge in [0.25, 0.3) is 11.8 Å². The first-order valence-electron chi connectivity index (χ1n) is 10.5. The molecular formula is C23H27N3O4S. The molecule has 0 bridgehead atoms. The lowest BCUT2D eigenvalue weighted by Crippen LogP contribution is -2.34. The number of nitrogens with one attached hydrogen (secondary N) is 1. The Hall–Kier alpha value is -2.87. The van der Waals surface area contributed by atoms with Gasteiger partial charge in [0.1, 0.15) is 0 Å². The summed E-state index contributed by atoms with van der Waals surface area (Å²) < 4.78 is 25.5. The van der Waals surface area contributed by atoms with Crippen molar-refractivity contribution < 1.29 is 18.0 Å². The monoisotopic (exact) mass is 441 g/mol. The first kappa shape index (κ1) is 21.4. The van der Waals surface area contributed by atoms with E-state index in [-0.39, 0.29) is 17.9 Å². The fraction of sp³-hybridized carbons (Fsp3) is 0.391. The molecule has 2 aliphatic rings. The third-order valence-electron chi connectivity index (χ3n) is 5.90. The molecule has 0 saturated carbocycles. The maximum atomic E-state index is 12.6. The average molecular weight is 442 g/mol. The van der Waals surface area contributed by atoms with Crippen LogP contribution in [0, 0.1) is 0 Å². The second-order valence-corrected chi connectivity index (χ2v) is 10.2. The van der Waals surface area contributed by atoms with E-state index in [0.29, 0.717) is 29.8 Å². The van der Waals surface area contributed by atoms with E-state index in [1.54, 1.807) is 30.3 Å². The lowest BCUT2D eigenvalue weighted by atomic mass is 10.1. The van der Waals surface area contributed by atoms with Crippen LogP contribution in [0.4, 0.5) is 5.69 Å². The molecule has 2 heterocycles. The first-order chi connectivity index (χ1) is 14.7. The van der Waals surface area contributed by atoms with E-state index in [2.05, 4.69) is 5.32 Å². The van der Waals surface area contributed by atoms with Gasteiger partial charge in [0, 0.05) is 36.8 Å². The van der Waals surface area contributed by atoms with Crippen LogP contribution in [-0.2, 0) is 23.0 Å². The number of rotatable bonds is 5. The fourth-order valence-electron chi connectivity index (χ4n) is 4.40. The van der Waals surface area contributed by atoms with Crippen molar-refractivity contribution in [2.24, 2.45) is 0 Å². The highest BCUT2D eigenvalue weighted by Crippen LogP contribution is 2.34. The maximum absolute atomic E-state index is 12.6. The number of hydrogen-bond acceptors (Lipinski definition) is 4. The Labute approximate surface area is 183 Å². The number of anilines is 1. The molecule has 2 aromatic rings. The number of sulfonamides is 1. The van der Waals surface area contributed by atoms with Crippen molar-refractivity contribution in [3.63, 3.8) is 0 Å². The van der Waals surface area contributed by atoms with Gasteiger partial charge in [-0.05, 0) is 67.6 Å². The highest BCUT2D eigenvalue weighted by Gasteiger charge is 2.32. The van der Waals surface area contributed by atoms with E-state index in [9.17, 15) is 18.0 Å². The quantitative estimate of drug-likeness (QED) is 0.773. The molecule has 0 spiro atoms. The first-order valence-corrected chi connectivity index (χ1v) is 12.4. The average Bonchev–Trinajstić information content (AvgIpc) is 3.38. The van der Waals surface area contributed by atoms with E-state index in [1.807, 2.05) is 24.0 Å². The maximum Gasteiger partial charge on any atom is 0.253 e. The number of benzene rings is 2. The van der Waals surface area contributed by atoms with Gasteiger partial charge in [-0.3, -0.25) is 13.9 Å². The van der Waals surface area contributed by atoms with Crippen LogP contribution < -0.4 is 9.62 Å². The second kappa shape index (κ2) is 8.34. The Morgan fingerprint density at radius 3 is 2.32 bits per heavy atom. The zero-order valence-corrected chi connectivity index (χ0v) is 18.6. The smallest absolute Gasteiger partial charge is 0.253 e. The Bertz CT molecular complexity index is 1110. The van der Waals surface area contributed by atoms with Gasteiger partial charge in [0.05, 0.1) is 11.9 Å². The van der Waals surface area contributed by atoms with E-state index in [0.717, 1.165) is 37.1 Å². The summed E-state index contributed by atoms with van der Waals surface area (Å²) in [7, 11) is -3.35. The Kier molecular flexibility index (Phi) is 5.75. The zero-order chi connectivity index (χ0) is 22.2. The molecule has 0 radical (unpaired) electrons. The van der Waals surface area contributed by atoms with Gasteiger partial charge in [-0.1, -0.05) is 12.1 Å². The Morgan fingerprint density at radius 2 is 1.68 bits per heavy atom. The minimum atomic E-state index is -3.35. The molecule has 1 unspecified atom stereocenters. The number of likely N-dealkylation sites (tertiary alicyclic amines) is 1. The lowest BCUT2D eigenvalue weighted by Gasteiger charge is -2.21. The molecule has 2 amide bonds. The largest absolute Gasteiger partial charge is 0.348 e. The topological polar surface area (TPSA) is 86.8 Å². The van der Waals surface area contributed by atoms with Gasteiger partial charge < -0.3 is 10.2 Å². The summed E-state index contributed by atoms with van der Waals surface area (Å²) in [6, 6.07) is 12.3. The van der Waals surface area contributed by atoms with Gasteiger partial charge in [-0.2, -0.15) is 0 Å². The van der Waals surface area contributed by atoms with Gasteiger partial charge >= 0.3 is 0 Å². The normalized spacial score (nSPS) is 18.2. The summed E-state index contributed by atoms with van der Waals surface area (Å²) >= 11 is 0. The van der Waals surface area contributed by atoms with Gasteiger partial charge in [0.2, 0.25) is 10.0 Å². The highest BCUT2D eigenvalue weighted by molar-refractivity contribution is 7.92. The molecule has 1 N–H and O–H groups in total. The molecule has 2 aromatic carbocycles. The number of carbonyl (C=O) groups excluding carboxylic acids is 2. The van der Waals surface area contributed by atoms with E-state index < -0.39 is 10.0 Å². The molecule has 0 aliphatic carbocycles. The molecule has 0 aromatic heterocycles. The summed E-state index contributed by atoms with van der Waals surface area (Å²) in [6.07, 6.45) is 3.90. The highest BCUT2D eigenvalue weighted by atomic mass is 32.2. The summed E-state index contributed by atoms with van der Waals surface area (Å²) in [5.74, 6) is -0.158. The van der Waals surface area contributed by atoms with Crippen LogP contribution in [0.3, 0.4) is 0 Å². The van der Waals surface area contributed by atoms with Crippen molar-refractivity contribution in [1.82, 2.24) is 10.2 Å². The number of fused-ring (bicyclic) bond motifs is 1. The predicted octanol–water partition coefficient (Wildman–Crippen LogP) is 2.56. The SMILES string of the molecule is CC1Cc2cc(C(=O)NCc3ccc(C(=O)N4CCCC4)cc3)ccc2N1S(C)(=O)=O. The molecule has 2 aliphatic heterocycles. The van der Waals surface area contributed by atoms with Crippen LogP contribution in [0.15, 0.2) is 42.5 Å². The molecule has 1 saturated heterocycles. The third-order valence-corrected chi connectivity index (χ3v) is 7.17. The number of hydrogen-bond donors (Lipinski definition) is 1. The zero-order valence-electron chi connectivity index (χ0n) is 17.8. The molecule has 1 fully saturated rings. The van der Waals surface area contributed by atoms with Crippen molar-refractivity contribution in [3.8, 4) is 0 Å². The van der Waals surface area contributed by atoms with Crippen molar-refractivity contribution in [1.29, 1.82) is 0 Å². The van der Waals surface area contributed by atoms with Crippen molar-refractivity contribution in [3.05, 3.63) is 64.7 Å². The summed E-state index contributed by atoms with van der Waals surface area (Å²) in [5.41, 5.74) is 3.58. The van der Waals surface area contributed by atoms with E-state index in [1.165, 1.54) is 10.6 Å². The second-order valence-electron chi connectivity index (χ2n) is 8.33. The molecule has 8 heteroatoms. The molecule has 31 heavy (non-hydrogen) atoms. The predicted molar refractivity (Wildman–Crippen MR) is 120 cm³/mol. The molecule has 1 atom stereocenters. The van der Waals surface area contributed by atoms with Gasteiger partial charge in [0.15, 0.2) is 0 Å². The van der Waals surface area contributed by atoms with Crippen LogP contribution in [0.25, 0.3) is 0 Å². The Balaban J connectivity index is 1.39. The third kappa shape index (κ3) is 4.44. The molecule has 4 rings (SSSR count). The van der Waals surface area contributed by atoms with E-state index in [4.69, 9.17) is 0 Å². The van der Waals surface area contributed by atoms with Gasteiger partial charge in [-0.15, -0.1) is 0 Å². The minimum Gasteiger partial charge on any atom is -0.348 e. The fourth-order valence-corrected chi connectivity index (χ4v) is 5.67. The Morgan fingerprint density at radius 1 is 1.03 bits per heavy atom. The van der Waals surface area contributed by atoms with Crippen LogP contribution in [-0.4, -0.2) is 50.5 Å². The summed E-state index contributed by atoms with van der Waals surface area (Å²) in [5, 5.41) is 2.90. The van der Waals surface area contributed by atoms with Crippen LogP contribution in [0.2, 0.25) is 0 Å². The van der Waals surface area contributed by atoms with Crippen LogP contribution >= 0.6 is 0 Å². The molecular weight excluding hydrogens is 414 g/mol. The summed E-state index contributed by atoms with van der Waals surface area (Å²) in [4.78, 5) is 26.9.